The third-order valence-corrected chi connectivity index (χ3v) is 2.92. The van der Waals surface area contributed by atoms with Crippen molar-refractivity contribution in [2.75, 3.05) is 7.11 Å². The van der Waals surface area contributed by atoms with E-state index in [2.05, 4.69) is 31.9 Å². The van der Waals surface area contributed by atoms with E-state index < -0.39 is 5.60 Å². The van der Waals surface area contributed by atoms with Crippen LogP contribution in [-0.4, -0.2) is 12.2 Å². The molecule has 0 aliphatic rings. The van der Waals surface area contributed by atoms with Crippen molar-refractivity contribution >= 4 is 31.9 Å². The van der Waals surface area contributed by atoms with Gasteiger partial charge in [0.2, 0.25) is 0 Å². The highest BCUT2D eigenvalue weighted by molar-refractivity contribution is 9.11. The van der Waals surface area contributed by atoms with E-state index in [4.69, 9.17) is 4.74 Å². The lowest BCUT2D eigenvalue weighted by atomic mass is 9.97. The van der Waals surface area contributed by atoms with Gasteiger partial charge in [0, 0.05) is 10.0 Å². The molecular weight excluding hydrogens is 312 g/mol. The molecule has 0 atom stereocenters. The number of hydrogen-bond donors (Lipinski definition) is 1. The van der Waals surface area contributed by atoms with Gasteiger partial charge in [-0.15, -0.1) is 0 Å². The van der Waals surface area contributed by atoms with Crippen LogP contribution in [0.3, 0.4) is 0 Å². The summed E-state index contributed by atoms with van der Waals surface area (Å²) in [6.45, 7) is 3.45. The first-order valence-electron chi connectivity index (χ1n) is 4.12. The van der Waals surface area contributed by atoms with Gasteiger partial charge in [0.05, 0.1) is 17.2 Å². The quantitative estimate of drug-likeness (QED) is 0.903. The smallest absolute Gasteiger partial charge is 0.139 e. The van der Waals surface area contributed by atoms with Crippen molar-refractivity contribution < 1.29 is 9.84 Å². The monoisotopic (exact) mass is 322 g/mol. The molecule has 14 heavy (non-hydrogen) atoms. The Labute approximate surface area is 101 Å². The van der Waals surface area contributed by atoms with E-state index in [1.165, 1.54) is 0 Å². The van der Waals surface area contributed by atoms with Crippen LogP contribution < -0.4 is 4.74 Å². The molecule has 0 unspecified atom stereocenters. The Kier molecular flexibility index (Phi) is 3.61. The first kappa shape index (κ1) is 12.0. The second-order valence-corrected chi connectivity index (χ2v) is 5.30. The van der Waals surface area contributed by atoms with Crippen LogP contribution in [0.5, 0.6) is 5.75 Å². The van der Waals surface area contributed by atoms with Crippen LogP contribution in [0.15, 0.2) is 21.1 Å². The van der Waals surface area contributed by atoms with Crippen LogP contribution in [0, 0.1) is 0 Å². The minimum Gasteiger partial charge on any atom is -0.495 e. The van der Waals surface area contributed by atoms with Crippen molar-refractivity contribution in [2.45, 2.75) is 19.4 Å². The van der Waals surface area contributed by atoms with Crippen LogP contribution in [0.1, 0.15) is 19.4 Å². The van der Waals surface area contributed by atoms with E-state index in [9.17, 15) is 5.11 Å². The number of methoxy groups -OCH3 is 1. The summed E-state index contributed by atoms with van der Waals surface area (Å²) < 4.78 is 6.96. The largest absolute Gasteiger partial charge is 0.495 e. The Morgan fingerprint density at radius 1 is 1.29 bits per heavy atom. The average molecular weight is 324 g/mol. The second-order valence-electron chi connectivity index (χ2n) is 3.53. The molecule has 0 radical (unpaired) electrons. The van der Waals surface area contributed by atoms with Gasteiger partial charge < -0.3 is 9.84 Å². The van der Waals surface area contributed by atoms with Crippen LogP contribution >= 0.6 is 31.9 Å². The Balaban J connectivity index is 3.40. The highest BCUT2D eigenvalue weighted by atomic mass is 79.9. The summed E-state index contributed by atoms with van der Waals surface area (Å²) in [7, 11) is 1.59. The van der Waals surface area contributed by atoms with Crippen molar-refractivity contribution in [1.82, 2.24) is 0 Å². The molecule has 1 rings (SSSR count). The van der Waals surface area contributed by atoms with E-state index >= 15 is 0 Å². The zero-order valence-electron chi connectivity index (χ0n) is 8.27. The summed E-state index contributed by atoms with van der Waals surface area (Å²) >= 11 is 6.76. The maximum absolute atomic E-state index is 9.93. The van der Waals surface area contributed by atoms with E-state index in [1.807, 2.05) is 12.1 Å². The summed E-state index contributed by atoms with van der Waals surface area (Å²) in [4.78, 5) is 0. The first-order chi connectivity index (χ1) is 6.36. The van der Waals surface area contributed by atoms with E-state index in [-0.39, 0.29) is 0 Å². The van der Waals surface area contributed by atoms with Gasteiger partial charge >= 0.3 is 0 Å². The molecule has 0 fully saturated rings. The molecule has 2 nitrogen and oxygen atoms in total. The fraction of sp³-hybridized carbons (Fsp3) is 0.400. The second kappa shape index (κ2) is 4.21. The van der Waals surface area contributed by atoms with Crippen LogP contribution in [-0.2, 0) is 5.60 Å². The third kappa shape index (κ3) is 2.49. The molecule has 0 bridgehead atoms. The Bertz CT molecular complexity index is 343. The fourth-order valence-corrected chi connectivity index (χ4v) is 2.61. The summed E-state index contributed by atoms with van der Waals surface area (Å²) in [5.41, 5.74) is -0.168. The van der Waals surface area contributed by atoms with Gasteiger partial charge in [-0.1, -0.05) is 15.9 Å². The lowest BCUT2D eigenvalue weighted by molar-refractivity contribution is 0.0754. The van der Waals surface area contributed by atoms with Crippen LogP contribution in [0.4, 0.5) is 0 Å². The molecule has 0 spiro atoms. The van der Waals surface area contributed by atoms with Gasteiger partial charge in [-0.2, -0.15) is 0 Å². The standard InChI is InChI=1S/C10H12Br2O2/c1-10(2,13)7-4-6(11)5-8(12)9(7)14-3/h4-5,13H,1-3H3. The third-order valence-electron chi connectivity index (χ3n) is 1.87. The first-order valence-corrected chi connectivity index (χ1v) is 5.70. The molecular formula is C10H12Br2O2. The van der Waals surface area contributed by atoms with E-state index in [0.717, 1.165) is 14.5 Å². The summed E-state index contributed by atoms with van der Waals surface area (Å²) in [5, 5.41) is 9.93. The van der Waals surface area contributed by atoms with Crippen molar-refractivity contribution in [3.8, 4) is 5.75 Å². The zero-order valence-corrected chi connectivity index (χ0v) is 11.4. The molecule has 0 aromatic heterocycles. The summed E-state index contributed by atoms with van der Waals surface area (Å²) in [6, 6.07) is 3.73. The number of hydrogen-bond acceptors (Lipinski definition) is 2. The van der Waals surface area contributed by atoms with Crippen molar-refractivity contribution in [1.29, 1.82) is 0 Å². The predicted molar refractivity (Wildman–Crippen MR) is 63.6 cm³/mol. The molecule has 0 saturated carbocycles. The molecule has 1 aromatic carbocycles. The molecule has 1 aromatic rings. The lowest BCUT2D eigenvalue weighted by Crippen LogP contribution is -2.17. The molecule has 0 amide bonds. The Morgan fingerprint density at radius 2 is 1.86 bits per heavy atom. The molecule has 0 heterocycles. The minimum absolute atomic E-state index is 0.667. The zero-order chi connectivity index (χ0) is 10.9. The van der Waals surface area contributed by atoms with E-state index in [0.29, 0.717) is 5.75 Å². The number of aliphatic hydroxyl groups is 1. The van der Waals surface area contributed by atoms with Gasteiger partial charge in [0.25, 0.3) is 0 Å². The average Bonchev–Trinajstić information content (AvgIpc) is 2.01. The maximum Gasteiger partial charge on any atom is 0.139 e. The van der Waals surface area contributed by atoms with Crippen molar-refractivity contribution in [3.63, 3.8) is 0 Å². The molecule has 0 aliphatic carbocycles. The molecule has 0 saturated heterocycles. The van der Waals surface area contributed by atoms with Crippen molar-refractivity contribution in [3.05, 3.63) is 26.6 Å². The normalized spacial score (nSPS) is 11.6. The topological polar surface area (TPSA) is 29.5 Å². The number of ether oxygens (including phenoxy) is 1. The summed E-state index contributed by atoms with van der Waals surface area (Å²) in [6.07, 6.45) is 0. The number of halogens is 2. The van der Waals surface area contributed by atoms with Crippen LogP contribution in [0.25, 0.3) is 0 Å². The van der Waals surface area contributed by atoms with Gasteiger partial charge in [-0.3, -0.25) is 0 Å². The Hall–Kier alpha value is -0.0600. The lowest BCUT2D eigenvalue weighted by Gasteiger charge is -2.22. The number of rotatable bonds is 2. The van der Waals surface area contributed by atoms with Gasteiger partial charge in [-0.05, 0) is 41.9 Å². The van der Waals surface area contributed by atoms with Gasteiger partial charge in [0.1, 0.15) is 5.75 Å². The number of benzene rings is 1. The Morgan fingerprint density at radius 3 is 2.29 bits per heavy atom. The highest BCUT2D eigenvalue weighted by Gasteiger charge is 2.23. The maximum atomic E-state index is 9.93. The van der Waals surface area contributed by atoms with Gasteiger partial charge in [0.15, 0.2) is 0 Å². The van der Waals surface area contributed by atoms with Gasteiger partial charge in [-0.25, -0.2) is 0 Å². The predicted octanol–water partition coefficient (Wildman–Crippen LogP) is 3.45. The van der Waals surface area contributed by atoms with E-state index in [1.54, 1.807) is 21.0 Å². The molecule has 78 valence electrons. The van der Waals surface area contributed by atoms with Crippen LogP contribution in [0.2, 0.25) is 0 Å². The molecule has 0 aliphatic heterocycles. The molecule has 1 N–H and O–H groups in total. The highest BCUT2D eigenvalue weighted by Crippen LogP contribution is 2.38. The fourth-order valence-electron chi connectivity index (χ4n) is 1.22. The molecule has 4 heteroatoms. The SMILES string of the molecule is COc1c(Br)cc(Br)cc1C(C)(C)O. The van der Waals surface area contributed by atoms with Crippen molar-refractivity contribution in [2.24, 2.45) is 0 Å². The summed E-state index contributed by atoms with van der Waals surface area (Å²) in [5.74, 6) is 0.667. The minimum atomic E-state index is -0.919.